The number of hydrogen-bond donors (Lipinski definition) is 0. The Bertz CT molecular complexity index is 3920. The molecule has 0 amide bonds. The maximum atomic E-state index is 7.84. The van der Waals surface area contributed by atoms with Gasteiger partial charge in [0.15, 0.2) is 0 Å². The third kappa shape index (κ3) is 7.23. The first-order valence-electron chi connectivity index (χ1n) is 30.1. The Morgan fingerprint density at radius 3 is 1.49 bits per heavy atom. The van der Waals surface area contributed by atoms with Crippen LogP contribution in [-0.2, 0) is 43.3 Å². The molecule has 0 N–H and O–H groups in total. The number of fused-ring (bicyclic) bond motifs is 11. The van der Waals surface area contributed by atoms with E-state index in [9.17, 15) is 0 Å². The Balaban J connectivity index is 1.20. The van der Waals surface area contributed by atoms with E-state index in [-0.39, 0.29) is 50.0 Å². The van der Waals surface area contributed by atoms with Crippen LogP contribution in [0, 0.1) is 0 Å². The molecule has 0 fully saturated rings. The lowest BCUT2D eigenvalue weighted by Gasteiger charge is -2.48. The van der Waals surface area contributed by atoms with Gasteiger partial charge >= 0.3 is 0 Å². The summed E-state index contributed by atoms with van der Waals surface area (Å²) in [6.07, 6.45) is 6.89. The minimum atomic E-state index is -0.360. The van der Waals surface area contributed by atoms with Crippen LogP contribution in [0.5, 0.6) is 0 Å². The molecule has 0 spiro atoms. The van der Waals surface area contributed by atoms with Crippen molar-refractivity contribution in [2.24, 2.45) is 0 Å². The molecule has 8 aromatic rings. The van der Waals surface area contributed by atoms with E-state index in [1.54, 1.807) is 0 Å². The Labute approximate surface area is 473 Å². The van der Waals surface area contributed by atoms with Crippen molar-refractivity contribution >= 4 is 68.4 Å². The van der Waals surface area contributed by atoms with Gasteiger partial charge in [0.1, 0.15) is 5.58 Å². The molecule has 4 bridgehead atoms. The molecule has 4 heteroatoms. The molecule has 5 heterocycles. The Morgan fingerprint density at radius 1 is 0.430 bits per heavy atom. The summed E-state index contributed by atoms with van der Waals surface area (Å²) in [7, 11) is 0. The molecule has 3 aliphatic carbocycles. The van der Waals surface area contributed by atoms with Gasteiger partial charge in [0.05, 0.1) is 5.69 Å². The minimum absolute atomic E-state index is 0.00942. The number of anilines is 6. The normalized spacial score (nSPS) is 20.5. The predicted molar refractivity (Wildman–Crippen MR) is 338 cm³/mol. The summed E-state index contributed by atoms with van der Waals surface area (Å²) in [5, 5.41) is 1.25. The first-order valence-corrected chi connectivity index (χ1v) is 30.1. The van der Waals surface area contributed by atoms with E-state index in [2.05, 4.69) is 249 Å². The Hall–Kier alpha value is -6.26. The highest BCUT2D eigenvalue weighted by Gasteiger charge is 2.51. The maximum absolute atomic E-state index is 7.84. The van der Waals surface area contributed by atoms with Gasteiger partial charge in [0.2, 0.25) is 5.88 Å². The van der Waals surface area contributed by atoms with E-state index in [0.717, 1.165) is 43.6 Å². The van der Waals surface area contributed by atoms with Gasteiger partial charge in [-0.1, -0.05) is 184 Å². The third-order valence-corrected chi connectivity index (χ3v) is 21.6. The molecule has 15 rings (SSSR count). The molecule has 79 heavy (non-hydrogen) atoms. The van der Waals surface area contributed by atoms with Crippen LogP contribution < -0.4 is 26.2 Å². The van der Waals surface area contributed by atoms with E-state index >= 15 is 0 Å². The first-order chi connectivity index (χ1) is 37.0. The summed E-state index contributed by atoms with van der Waals surface area (Å²) in [6, 6.07) is 49.3. The molecule has 0 atom stereocenters. The van der Waals surface area contributed by atoms with E-state index in [0.29, 0.717) is 0 Å². The van der Waals surface area contributed by atoms with Crippen molar-refractivity contribution < 1.29 is 4.42 Å². The quantitative estimate of drug-likeness (QED) is 0.161. The van der Waals surface area contributed by atoms with Gasteiger partial charge in [-0.15, -0.1) is 0 Å². The fraction of sp³-hybridized carbons (Fsp3) is 0.413. The number of rotatable bonds is 2. The molecule has 0 unspecified atom stereocenters. The average molecular weight is 1040 g/mol. The molecular weight excluding hydrogens is 956 g/mol. The predicted octanol–water partition coefficient (Wildman–Crippen LogP) is 18.8. The Morgan fingerprint density at radius 2 is 0.924 bits per heavy atom. The largest absolute Gasteiger partial charge is 0.440 e. The number of hydrogen-bond acceptors (Lipinski definition) is 3. The van der Waals surface area contributed by atoms with E-state index in [1.807, 2.05) is 0 Å². The second-order valence-corrected chi connectivity index (χ2v) is 31.0. The minimum Gasteiger partial charge on any atom is -0.440 e. The maximum Gasteiger partial charge on any atom is 0.257 e. The third-order valence-electron chi connectivity index (χ3n) is 21.6. The molecular formula is C75H83BN2O. The van der Waals surface area contributed by atoms with Gasteiger partial charge in [0, 0.05) is 50.1 Å². The highest BCUT2D eigenvalue weighted by atomic mass is 16.4. The molecule has 1 aromatic heterocycles. The zero-order valence-electron chi connectivity index (χ0n) is 50.7. The van der Waals surface area contributed by atoms with E-state index in [4.69, 9.17) is 4.42 Å². The molecule has 0 saturated heterocycles. The van der Waals surface area contributed by atoms with Crippen LogP contribution >= 0.6 is 0 Å². The van der Waals surface area contributed by atoms with Gasteiger partial charge in [-0.05, 0) is 203 Å². The molecule has 7 aliphatic rings. The second-order valence-electron chi connectivity index (χ2n) is 31.0. The van der Waals surface area contributed by atoms with Crippen molar-refractivity contribution in [1.29, 1.82) is 0 Å². The van der Waals surface area contributed by atoms with Gasteiger partial charge in [-0.3, -0.25) is 4.90 Å². The summed E-state index contributed by atoms with van der Waals surface area (Å²) in [6.45, 7) is 41.7. The van der Waals surface area contributed by atoms with Crippen molar-refractivity contribution in [3.05, 3.63) is 171 Å². The fourth-order valence-electron chi connectivity index (χ4n) is 15.8. The summed E-state index contributed by atoms with van der Waals surface area (Å²) in [5.41, 5.74) is 28.5. The second kappa shape index (κ2) is 16.0. The van der Waals surface area contributed by atoms with Crippen LogP contribution in [0.1, 0.15) is 206 Å². The van der Waals surface area contributed by atoms with E-state index < -0.39 is 0 Å². The lowest BCUT2D eigenvalue weighted by molar-refractivity contribution is 0.332. The fourth-order valence-corrected chi connectivity index (χ4v) is 15.8. The highest BCUT2D eigenvalue weighted by molar-refractivity contribution is 7.01. The number of nitrogens with zero attached hydrogens (tertiary/aromatic N) is 2. The molecule has 0 saturated carbocycles. The molecule has 402 valence electrons. The molecule has 3 nitrogen and oxygen atoms in total. The molecule has 4 aliphatic heterocycles. The summed E-state index contributed by atoms with van der Waals surface area (Å²) < 4.78 is 7.84. The van der Waals surface area contributed by atoms with Crippen molar-refractivity contribution in [2.75, 3.05) is 9.80 Å². The van der Waals surface area contributed by atoms with Gasteiger partial charge in [-0.2, -0.15) is 0 Å². The standard InChI is InChI=1S/C75H83BN2O/c1-68(2,3)47-35-50(44-21-19-18-20-22-44)66-51(36-47)45-23-25-46(26-24-45)75(16,17)48-37-61-65-62(38-48)78(66)60-42-57-56(72(10,11)32-33-73(57,12)13)41-59(60)76(65)64-52-40-55-58(74(14,15)34-31-71(55,8)9)43-63(52)79-67(64)77(61)49-27-28-53-54(39-49)70(6,7)30-29-69(53,4)5/h18-28,35-43H,29-34H2,1-17H3. The van der Waals surface area contributed by atoms with E-state index in [1.165, 1.54) is 129 Å². The van der Waals surface area contributed by atoms with Crippen LogP contribution in [0.25, 0.3) is 33.2 Å². The number of furan rings is 1. The first kappa shape index (κ1) is 50.9. The number of benzene rings is 7. The van der Waals surface area contributed by atoms with Gasteiger partial charge in [-0.25, -0.2) is 0 Å². The smallest absolute Gasteiger partial charge is 0.257 e. The molecule has 0 radical (unpaired) electrons. The van der Waals surface area contributed by atoms with Gasteiger partial charge in [0.25, 0.3) is 6.71 Å². The Kier molecular flexibility index (Phi) is 10.3. The SMILES string of the molecule is CC(C)(C)c1cc(-c2ccccc2)c2c(c1)-c1ccc(cc1)C(C)(C)c1cc3c4c(c1)N2c1cc2c(cc1B4c1c(oc4cc5c(cc14)C(C)(C)CCC5(C)C)N3c1ccc3c(c1)C(C)(C)CCC3(C)C)C(C)(C)CCC2(C)C. The lowest BCUT2D eigenvalue weighted by Crippen LogP contribution is -2.61. The topological polar surface area (TPSA) is 19.6 Å². The van der Waals surface area contributed by atoms with Crippen molar-refractivity contribution in [3.63, 3.8) is 0 Å². The molecule has 7 aromatic carbocycles. The van der Waals surface area contributed by atoms with Crippen molar-refractivity contribution in [1.82, 2.24) is 0 Å². The lowest BCUT2D eigenvalue weighted by atomic mass is 9.33. The van der Waals surface area contributed by atoms with Crippen LogP contribution in [0.3, 0.4) is 0 Å². The van der Waals surface area contributed by atoms with Crippen molar-refractivity contribution in [2.45, 2.75) is 200 Å². The monoisotopic (exact) mass is 1040 g/mol. The van der Waals surface area contributed by atoms with Crippen LogP contribution in [-0.4, -0.2) is 6.71 Å². The van der Waals surface area contributed by atoms with Crippen molar-refractivity contribution in [3.8, 4) is 22.3 Å². The van der Waals surface area contributed by atoms with Gasteiger partial charge < -0.3 is 9.32 Å². The zero-order valence-corrected chi connectivity index (χ0v) is 50.7. The summed E-state index contributed by atoms with van der Waals surface area (Å²) in [4.78, 5) is 5.40. The van der Waals surface area contributed by atoms with Crippen LogP contribution in [0.2, 0.25) is 0 Å². The summed E-state index contributed by atoms with van der Waals surface area (Å²) >= 11 is 0. The highest BCUT2D eigenvalue weighted by Crippen LogP contribution is 2.58. The average Bonchev–Trinajstić information content (AvgIpc) is 2.63. The zero-order chi connectivity index (χ0) is 55.7. The summed E-state index contributed by atoms with van der Waals surface area (Å²) in [5.74, 6) is 0.962. The van der Waals surface area contributed by atoms with Crippen LogP contribution in [0.15, 0.2) is 126 Å². The van der Waals surface area contributed by atoms with Crippen LogP contribution in [0.4, 0.5) is 34.3 Å².